The van der Waals surface area contributed by atoms with Crippen molar-refractivity contribution in [3.05, 3.63) is 35.0 Å². The Morgan fingerprint density at radius 3 is 3.12 bits per heavy atom. The summed E-state index contributed by atoms with van der Waals surface area (Å²) in [5, 5.41) is 10.3. The van der Waals surface area contributed by atoms with Gasteiger partial charge < -0.3 is 15.0 Å². The van der Waals surface area contributed by atoms with Gasteiger partial charge in [-0.2, -0.15) is 5.10 Å². The molecule has 4 rings (SSSR count). The van der Waals surface area contributed by atoms with Crippen LogP contribution >= 0.6 is 0 Å². The Kier molecular flexibility index (Phi) is 3.89. The van der Waals surface area contributed by atoms with Crippen LogP contribution in [-0.4, -0.2) is 57.7 Å². The van der Waals surface area contributed by atoms with Gasteiger partial charge in [-0.3, -0.25) is 14.9 Å². The van der Waals surface area contributed by atoms with E-state index in [0.29, 0.717) is 31.2 Å². The molecule has 0 radical (unpaired) electrons. The van der Waals surface area contributed by atoms with Crippen molar-refractivity contribution in [1.29, 1.82) is 0 Å². The van der Waals surface area contributed by atoms with E-state index in [2.05, 4.69) is 25.5 Å². The molecule has 24 heavy (non-hydrogen) atoms. The lowest BCUT2D eigenvalue weighted by Crippen LogP contribution is -2.43. The van der Waals surface area contributed by atoms with Crippen LogP contribution in [0.25, 0.3) is 0 Å². The van der Waals surface area contributed by atoms with Crippen molar-refractivity contribution in [2.75, 3.05) is 32.1 Å². The van der Waals surface area contributed by atoms with E-state index in [4.69, 9.17) is 4.74 Å². The fraction of sp³-hybridized carbons (Fsp3) is 0.500. The number of carbonyl (C=O) groups excluding carboxylic acids is 1. The van der Waals surface area contributed by atoms with Gasteiger partial charge in [-0.05, 0) is 19.3 Å². The van der Waals surface area contributed by atoms with Gasteiger partial charge in [0.05, 0.1) is 13.2 Å². The lowest BCUT2D eigenvalue weighted by Gasteiger charge is -2.32. The summed E-state index contributed by atoms with van der Waals surface area (Å²) >= 11 is 0. The van der Waals surface area contributed by atoms with Crippen LogP contribution in [0.1, 0.15) is 40.0 Å². The first-order chi connectivity index (χ1) is 11.8. The van der Waals surface area contributed by atoms with Gasteiger partial charge in [0, 0.05) is 37.2 Å². The SMILES string of the molecule is CNc1nccnc1C1CN(C(=O)c2n[nH]c3c2CCC3)CCO1. The number of nitrogens with zero attached hydrogens (tertiary/aromatic N) is 4. The molecule has 3 heterocycles. The van der Waals surface area contributed by atoms with Crippen molar-refractivity contribution in [1.82, 2.24) is 25.1 Å². The Morgan fingerprint density at radius 2 is 2.25 bits per heavy atom. The number of fused-ring (bicyclic) bond motifs is 1. The zero-order valence-electron chi connectivity index (χ0n) is 13.6. The molecule has 2 aliphatic rings. The second kappa shape index (κ2) is 6.20. The number of amides is 1. The standard InChI is InChI=1S/C16H20N6O2/c1-17-15-14(18-5-6-19-15)12-9-22(7-8-24-12)16(23)13-10-3-2-4-11(10)20-21-13/h5-6,12H,2-4,7-9H2,1H3,(H,17,19)(H,20,21). The Morgan fingerprint density at radius 1 is 1.38 bits per heavy atom. The average Bonchev–Trinajstić information content (AvgIpc) is 3.25. The van der Waals surface area contributed by atoms with E-state index >= 15 is 0 Å². The van der Waals surface area contributed by atoms with Crippen LogP contribution < -0.4 is 5.32 Å². The van der Waals surface area contributed by atoms with Crippen LogP contribution in [-0.2, 0) is 17.6 Å². The van der Waals surface area contributed by atoms with E-state index in [1.165, 1.54) is 0 Å². The van der Waals surface area contributed by atoms with Crippen LogP contribution in [0.2, 0.25) is 0 Å². The molecule has 0 saturated carbocycles. The lowest BCUT2D eigenvalue weighted by atomic mass is 10.1. The summed E-state index contributed by atoms with van der Waals surface area (Å²) < 4.78 is 5.83. The molecule has 2 aromatic heterocycles. The second-order valence-electron chi connectivity index (χ2n) is 6.03. The maximum atomic E-state index is 12.9. The van der Waals surface area contributed by atoms with Gasteiger partial charge in [0.1, 0.15) is 17.6 Å². The number of anilines is 1. The molecule has 1 unspecified atom stereocenters. The van der Waals surface area contributed by atoms with Gasteiger partial charge in [-0.25, -0.2) is 4.98 Å². The van der Waals surface area contributed by atoms with E-state index in [0.717, 1.165) is 36.2 Å². The van der Waals surface area contributed by atoms with Gasteiger partial charge >= 0.3 is 0 Å². The molecule has 1 fully saturated rings. The highest BCUT2D eigenvalue weighted by Crippen LogP contribution is 2.28. The molecule has 0 spiro atoms. The number of hydrogen-bond donors (Lipinski definition) is 2. The van der Waals surface area contributed by atoms with E-state index in [-0.39, 0.29) is 12.0 Å². The third kappa shape index (κ3) is 2.52. The first-order valence-electron chi connectivity index (χ1n) is 8.23. The van der Waals surface area contributed by atoms with Crippen molar-refractivity contribution in [3.63, 3.8) is 0 Å². The summed E-state index contributed by atoms with van der Waals surface area (Å²) in [6, 6.07) is 0. The fourth-order valence-corrected chi connectivity index (χ4v) is 3.42. The molecular formula is C16H20N6O2. The van der Waals surface area contributed by atoms with E-state index in [1.54, 1.807) is 24.3 Å². The molecule has 1 atom stereocenters. The molecule has 2 aromatic rings. The molecule has 2 N–H and O–H groups in total. The van der Waals surface area contributed by atoms with Crippen molar-refractivity contribution in [3.8, 4) is 0 Å². The highest BCUT2D eigenvalue weighted by atomic mass is 16.5. The topological polar surface area (TPSA) is 96.0 Å². The number of H-pyrrole nitrogens is 1. The van der Waals surface area contributed by atoms with Gasteiger partial charge in [-0.15, -0.1) is 0 Å². The number of morpholine rings is 1. The minimum Gasteiger partial charge on any atom is -0.372 e. The zero-order chi connectivity index (χ0) is 16.5. The molecule has 1 amide bonds. The van der Waals surface area contributed by atoms with Crippen LogP contribution in [0.3, 0.4) is 0 Å². The van der Waals surface area contributed by atoms with Crippen LogP contribution in [0.4, 0.5) is 5.82 Å². The van der Waals surface area contributed by atoms with E-state index < -0.39 is 0 Å². The second-order valence-corrected chi connectivity index (χ2v) is 6.03. The number of hydrogen-bond acceptors (Lipinski definition) is 6. The molecule has 1 aliphatic carbocycles. The lowest BCUT2D eigenvalue weighted by molar-refractivity contribution is -0.0247. The molecule has 0 aromatic carbocycles. The number of aromatic nitrogens is 4. The van der Waals surface area contributed by atoms with Crippen LogP contribution in [0, 0.1) is 0 Å². The highest BCUT2D eigenvalue weighted by molar-refractivity contribution is 5.94. The molecule has 1 aliphatic heterocycles. The van der Waals surface area contributed by atoms with Gasteiger partial charge in [0.25, 0.3) is 5.91 Å². The predicted octanol–water partition coefficient (Wildman–Crippen LogP) is 0.944. The first kappa shape index (κ1) is 15.1. The summed E-state index contributed by atoms with van der Waals surface area (Å²) in [6.45, 7) is 1.49. The number of ether oxygens (including phenoxy) is 1. The summed E-state index contributed by atoms with van der Waals surface area (Å²) in [5.74, 6) is 0.648. The van der Waals surface area contributed by atoms with Crippen molar-refractivity contribution in [2.24, 2.45) is 0 Å². The quantitative estimate of drug-likeness (QED) is 0.871. The zero-order valence-corrected chi connectivity index (χ0v) is 13.6. The van der Waals surface area contributed by atoms with Crippen LogP contribution in [0.15, 0.2) is 12.4 Å². The molecule has 8 nitrogen and oxygen atoms in total. The predicted molar refractivity (Wildman–Crippen MR) is 86.8 cm³/mol. The monoisotopic (exact) mass is 328 g/mol. The van der Waals surface area contributed by atoms with Gasteiger partial charge in [-0.1, -0.05) is 0 Å². The summed E-state index contributed by atoms with van der Waals surface area (Å²) in [5.41, 5.74) is 3.48. The number of rotatable bonds is 3. The van der Waals surface area contributed by atoms with E-state index in [9.17, 15) is 4.79 Å². The third-order valence-corrected chi connectivity index (χ3v) is 4.63. The minimum atomic E-state index is -0.286. The maximum absolute atomic E-state index is 12.9. The minimum absolute atomic E-state index is 0.0300. The number of nitrogens with one attached hydrogen (secondary N) is 2. The third-order valence-electron chi connectivity index (χ3n) is 4.63. The van der Waals surface area contributed by atoms with Crippen molar-refractivity contribution < 1.29 is 9.53 Å². The first-order valence-corrected chi connectivity index (χ1v) is 8.23. The Hall–Kier alpha value is -2.48. The normalized spacial score (nSPS) is 20.0. The summed E-state index contributed by atoms with van der Waals surface area (Å²) in [7, 11) is 1.80. The van der Waals surface area contributed by atoms with Crippen molar-refractivity contribution in [2.45, 2.75) is 25.4 Å². The summed E-state index contributed by atoms with van der Waals surface area (Å²) in [4.78, 5) is 23.3. The van der Waals surface area contributed by atoms with Gasteiger partial charge in [0.15, 0.2) is 5.69 Å². The fourth-order valence-electron chi connectivity index (χ4n) is 3.42. The van der Waals surface area contributed by atoms with Gasteiger partial charge in [0.2, 0.25) is 0 Å². The molecule has 1 saturated heterocycles. The number of aromatic amines is 1. The molecule has 8 heteroatoms. The average molecular weight is 328 g/mol. The maximum Gasteiger partial charge on any atom is 0.274 e. The number of carbonyl (C=O) groups is 1. The Labute approximate surface area is 139 Å². The highest BCUT2D eigenvalue weighted by Gasteiger charge is 2.32. The largest absolute Gasteiger partial charge is 0.372 e. The van der Waals surface area contributed by atoms with Crippen molar-refractivity contribution >= 4 is 11.7 Å². The molecule has 126 valence electrons. The number of aryl methyl sites for hydroxylation is 1. The van der Waals surface area contributed by atoms with Crippen LogP contribution in [0.5, 0.6) is 0 Å². The molecule has 0 bridgehead atoms. The summed E-state index contributed by atoms with van der Waals surface area (Å²) in [6.07, 6.45) is 5.97. The van der Waals surface area contributed by atoms with E-state index in [1.807, 2.05) is 0 Å². The smallest absolute Gasteiger partial charge is 0.274 e. The Bertz CT molecular complexity index is 759. The molecular weight excluding hydrogens is 308 g/mol. The Balaban J connectivity index is 1.55.